The number of fused-ring (bicyclic) bond motifs is 1. The zero-order chi connectivity index (χ0) is 17.1. The number of carbonyl (C=O) groups excluding carboxylic acids is 1. The van der Waals surface area contributed by atoms with Crippen LogP contribution in [0.5, 0.6) is 0 Å². The van der Waals surface area contributed by atoms with Gasteiger partial charge in [-0.3, -0.25) is 9.78 Å². The quantitative estimate of drug-likeness (QED) is 0.849. The molecule has 0 bridgehead atoms. The van der Waals surface area contributed by atoms with Gasteiger partial charge in [-0.1, -0.05) is 31.2 Å². The molecule has 0 aliphatic heterocycles. The van der Waals surface area contributed by atoms with E-state index in [9.17, 15) is 4.79 Å². The fourth-order valence-corrected chi connectivity index (χ4v) is 3.70. The van der Waals surface area contributed by atoms with Gasteiger partial charge in [0.1, 0.15) is 0 Å². The summed E-state index contributed by atoms with van der Waals surface area (Å²) in [5, 5.41) is 0. The molecule has 0 saturated carbocycles. The summed E-state index contributed by atoms with van der Waals surface area (Å²) < 4.78 is 0. The van der Waals surface area contributed by atoms with E-state index in [0.717, 1.165) is 49.2 Å². The molecule has 3 heteroatoms. The molecule has 2 aromatic rings. The van der Waals surface area contributed by atoms with Gasteiger partial charge in [-0.25, -0.2) is 0 Å². The van der Waals surface area contributed by atoms with Crippen LogP contribution in [0.4, 0.5) is 0 Å². The van der Waals surface area contributed by atoms with E-state index in [1.165, 1.54) is 11.1 Å². The van der Waals surface area contributed by atoms with Crippen molar-refractivity contribution in [2.45, 2.75) is 52.5 Å². The van der Waals surface area contributed by atoms with Crippen molar-refractivity contribution in [1.29, 1.82) is 0 Å². The minimum Gasteiger partial charge on any atom is -0.335 e. The van der Waals surface area contributed by atoms with Crippen LogP contribution in [0.25, 0.3) is 0 Å². The molecule has 0 radical (unpaired) electrons. The summed E-state index contributed by atoms with van der Waals surface area (Å²) in [4.78, 5) is 19.7. The maximum atomic E-state index is 13.2. The first kappa shape index (κ1) is 16.7. The normalized spacial score (nSPS) is 16.5. The van der Waals surface area contributed by atoms with Crippen LogP contribution >= 0.6 is 0 Å². The Morgan fingerprint density at radius 1 is 1.17 bits per heavy atom. The molecule has 1 atom stereocenters. The van der Waals surface area contributed by atoms with Crippen molar-refractivity contribution in [2.75, 3.05) is 6.54 Å². The van der Waals surface area contributed by atoms with Gasteiger partial charge in [-0.05, 0) is 62.8 Å². The van der Waals surface area contributed by atoms with E-state index in [1.807, 2.05) is 26.0 Å². The Bertz CT molecular complexity index is 738. The SMILES string of the molecule is CCCN(C(=O)c1ccc(C)nc1C)C1CCc2ccccc2C1. The minimum absolute atomic E-state index is 0.131. The van der Waals surface area contributed by atoms with E-state index in [2.05, 4.69) is 41.1 Å². The average Bonchev–Trinajstić information content (AvgIpc) is 2.59. The minimum atomic E-state index is 0.131. The van der Waals surface area contributed by atoms with Crippen LogP contribution in [0, 0.1) is 13.8 Å². The van der Waals surface area contributed by atoms with Crippen LogP contribution in [-0.4, -0.2) is 28.4 Å². The van der Waals surface area contributed by atoms with Crippen molar-refractivity contribution >= 4 is 5.91 Å². The Hall–Kier alpha value is -2.16. The topological polar surface area (TPSA) is 33.2 Å². The van der Waals surface area contributed by atoms with E-state index < -0.39 is 0 Å². The van der Waals surface area contributed by atoms with E-state index >= 15 is 0 Å². The molecule has 1 aromatic carbocycles. The molecule has 1 unspecified atom stereocenters. The molecule has 1 heterocycles. The van der Waals surface area contributed by atoms with Gasteiger partial charge >= 0.3 is 0 Å². The zero-order valence-corrected chi connectivity index (χ0v) is 14.9. The molecule has 3 rings (SSSR count). The second kappa shape index (κ2) is 7.16. The molecule has 24 heavy (non-hydrogen) atoms. The van der Waals surface area contributed by atoms with Crippen LogP contribution in [0.2, 0.25) is 0 Å². The highest BCUT2D eigenvalue weighted by Gasteiger charge is 2.28. The van der Waals surface area contributed by atoms with Crippen LogP contribution in [0.3, 0.4) is 0 Å². The van der Waals surface area contributed by atoms with Gasteiger partial charge in [0.25, 0.3) is 5.91 Å². The average molecular weight is 322 g/mol. The Morgan fingerprint density at radius 3 is 2.62 bits per heavy atom. The number of hydrogen-bond acceptors (Lipinski definition) is 2. The van der Waals surface area contributed by atoms with Crippen LogP contribution in [0.1, 0.15) is 52.6 Å². The summed E-state index contributed by atoms with van der Waals surface area (Å²) in [7, 11) is 0. The Morgan fingerprint density at radius 2 is 1.92 bits per heavy atom. The van der Waals surface area contributed by atoms with Gasteiger partial charge in [0.15, 0.2) is 0 Å². The predicted octanol–water partition coefficient (Wildman–Crippen LogP) is 4.11. The molecule has 126 valence electrons. The van der Waals surface area contributed by atoms with Crippen molar-refractivity contribution in [3.05, 3.63) is 64.5 Å². The number of carbonyl (C=O) groups is 1. The fraction of sp³-hybridized carbons (Fsp3) is 0.429. The van der Waals surface area contributed by atoms with E-state index in [1.54, 1.807) is 0 Å². The third-order valence-corrected chi connectivity index (χ3v) is 4.94. The van der Waals surface area contributed by atoms with Gasteiger partial charge in [-0.2, -0.15) is 0 Å². The van der Waals surface area contributed by atoms with Crippen molar-refractivity contribution in [3.63, 3.8) is 0 Å². The largest absolute Gasteiger partial charge is 0.335 e. The first-order chi connectivity index (χ1) is 11.6. The number of amides is 1. The standard InChI is InChI=1S/C21H26N2O/c1-4-13-23(21(24)20-12-9-15(2)22-16(20)3)19-11-10-17-7-5-6-8-18(17)14-19/h5-9,12,19H,4,10-11,13-14H2,1-3H3. The van der Waals surface area contributed by atoms with Gasteiger partial charge in [0.2, 0.25) is 0 Å². The molecule has 3 nitrogen and oxygen atoms in total. The molecule has 0 spiro atoms. The van der Waals surface area contributed by atoms with Crippen molar-refractivity contribution in [1.82, 2.24) is 9.88 Å². The summed E-state index contributed by atoms with van der Waals surface area (Å²) in [6.45, 7) is 6.83. The lowest BCUT2D eigenvalue weighted by molar-refractivity contribution is 0.0660. The van der Waals surface area contributed by atoms with Gasteiger partial charge in [-0.15, -0.1) is 0 Å². The maximum absolute atomic E-state index is 13.2. The van der Waals surface area contributed by atoms with Gasteiger partial charge in [0, 0.05) is 18.3 Å². The molecule has 0 saturated heterocycles. The summed E-state index contributed by atoms with van der Waals surface area (Å²) in [6, 6.07) is 12.8. The Kier molecular flexibility index (Phi) is 4.98. The van der Waals surface area contributed by atoms with Crippen molar-refractivity contribution in [3.8, 4) is 0 Å². The molecule has 1 amide bonds. The lowest BCUT2D eigenvalue weighted by Gasteiger charge is -2.35. The van der Waals surface area contributed by atoms with E-state index in [-0.39, 0.29) is 11.9 Å². The lowest BCUT2D eigenvalue weighted by Crippen LogP contribution is -2.44. The third-order valence-electron chi connectivity index (χ3n) is 4.94. The molecular formula is C21H26N2O. The second-order valence-corrected chi connectivity index (χ2v) is 6.75. The fourth-order valence-electron chi connectivity index (χ4n) is 3.70. The highest BCUT2D eigenvalue weighted by Crippen LogP contribution is 2.26. The zero-order valence-electron chi connectivity index (χ0n) is 14.9. The summed E-state index contributed by atoms with van der Waals surface area (Å²) in [5.41, 5.74) is 5.36. The molecular weight excluding hydrogens is 296 g/mol. The number of aryl methyl sites for hydroxylation is 3. The number of aromatic nitrogens is 1. The number of pyridine rings is 1. The molecule has 1 aliphatic carbocycles. The first-order valence-corrected chi connectivity index (χ1v) is 8.92. The number of nitrogens with zero attached hydrogens (tertiary/aromatic N) is 2. The van der Waals surface area contributed by atoms with Crippen molar-refractivity contribution < 1.29 is 4.79 Å². The Labute approximate surface area is 144 Å². The van der Waals surface area contributed by atoms with Crippen molar-refractivity contribution in [2.24, 2.45) is 0 Å². The summed E-state index contributed by atoms with van der Waals surface area (Å²) in [6.07, 6.45) is 4.03. The van der Waals surface area contributed by atoms with Crippen LogP contribution in [0.15, 0.2) is 36.4 Å². The Balaban J connectivity index is 1.86. The monoisotopic (exact) mass is 322 g/mol. The summed E-state index contributed by atoms with van der Waals surface area (Å²) >= 11 is 0. The highest BCUT2D eigenvalue weighted by atomic mass is 16.2. The number of hydrogen-bond donors (Lipinski definition) is 0. The third kappa shape index (κ3) is 3.35. The maximum Gasteiger partial charge on any atom is 0.255 e. The van der Waals surface area contributed by atoms with E-state index in [0.29, 0.717) is 0 Å². The molecule has 1 aromatic heterocycles. The summed E-state index contributed by atoms with van der Waals surface area (Å²) in [5.74, 6) is 0.131. The number of rotatable bonds is 4. The first-order valence-electron chi connectivity index (χ1n) is 8.92. The van der Waals surface area contributed by atoms with Crippen LogP contribution in [-0.2, 0) is 12.8 Å². The van der Waals surface area contributed by atoms with Gasteiger partial charge < -0.3 is 4.90 Å². The molecule has 0 fully saturated rings. The molecule has 0 N–H and O–H groups in total. The molecule has 1 aliphatic rings. The van der Waals surface area contributed by atoms with Crippen LogP contribution < -0.4 is 0 Å². The smallest absolute Gasteiger partial charge is 0.255 e. The number of benzene rings is 1. The predicted molar refractivity (Wildman–Crippen MR) is 97.3 cm³/mol. The highest BCUT2D eigenvalue weighted by molar-refractivity contribution is 5.95. The van der Waals surface area contributed by atoms with E-state index in [4.69, 9.17) is 0 Å². The second-order valence-electron chi connectivity index (χ2n) is 6.75. The van der Waals surface area contributed by atoms with Gasteiger partial charge in [0.05, 0.1) is 11.3 Å². The lowest BCUT2D eigenvalue weighted by atomic mass is 9.87.